The van der Waals surface area contributed by atoms with Crippen molar-refractivity contribution in [1.29, 1.82) is 0 Å². The van der Waals surface area contributed by atoms with E-state index in [2.05, 4.69) is 37.1 Å². The van der Waals surface area contributed by atoms with Crippen LogP contribution in [0.3, 0.4) is 0 Å². The Morgan fingerprint density at radius 1 is 1.24 bits per heavy atom. The summed E-state index contributed by atoms with van der Waals surface area (Å²) in [6.07, 6.45) is 3.41. The average molecular weight is 398 g/mol. The topological polar surface area (TPSA) is 48.0 Å². The Hall–Kier alpha value is -2.21. The lowest BCUT2D eigenvalue weighted by Gasteiger charge is -2.51. The Bertz CT molecular complexity index is 800. The Balaban J connectivity index is 2.04. The Labute approximate surface area is 173 Å². The first-order valence-electron chi connectivity index (χ1n) is 10.1. The lowest BCUT2D eigenvalue weighted by molar-refractivity contribution is -0.176. The molecule has 2 aliphatic rings. The second-order valence-electron chi connectivity index (χ2n) is 7.60. The SMILES string of the molecule is C=CCOC[C@H]1OC2CC(C(C(C)=O)=C(C)N2c2ccccc2C)[C@@H]1OCC=C. The van der Waals surface area contributed by atoms with Gasteiger partial charge in [-0.3, -0.25) is 4.79 Å². The minimum absolute atomic E-state index is 0.0381. The normalized spacial score (nSPS) is 26.4. The number of para-hydroxylation sites is 1. The van der Waals surface area contributed by atoms with Crippen LogP contribution in [-0.4, -0.2) is 44.0 Å². The number of aryl methyl sites for hydroxylation is 1. The molecule has 1 fully saturated rings. The molecule has 0 amide bonds. The number of Topliss-reactive ketones (excluding diaryl/α,β-unsaturated/α-hetero) is 1. The van der Waals surface area contributed by atoms with Gasteiger partial charge >= 0.3 is 0 Å². The van der Waals surface area contributed by atoms with Crippen LogP contribution in [0.15, 0.2) is 60.8 Å². The van der Waals surface area contributed by atoms with Crippen molar-refractivity contribution in [2.45, 2.75) is 45.6 Å². The summed E-state index contributed by atoms with van der Waals surface area (Å²) in [5.41, 5.74) is 3.95. The zero-order chi connectivity index (χ0) is 21.0. The highest BCUT2D eigenvalue weighted by Crippen LogP contribution is 2.44. The summed E-state index contributed by atoms with van der Waals surface area (Å²) >= 11 is 0. The second-order valence-corrected chi connectivity index (χ2v) is 7.60. The molecule has 0 aromatic heterocycles. The van der Waals surface area contributed by atoms with Gasteiger partial charge in [-0.2, -0.15) is 0 Å². The molecule has 5 nitrogen and oxygen atoms in total. The van der Waals surface area contributed by atoms with E-state index in [1.165, 1.54) is 0 Å². The molecule has 29 heavy (non-hydrogen) atoms. The van der Waals surface area contributed by atoms with Crippen molar-refractivity contribution in [2.75, 3.05) is 24.7 Å². The van der Waals surface area contributed by atoms with Crippen molar-refractivity contribution in [1.82, 2.24) is 0 Å². The van der Waals surface area contributed by atoms with Gasteiger partial charge in [-0.15, -0.1) is 13.2 Å². The molecule has 2 unspecified atom stereocenters. The van der Waals surface area contributed by atoms with Crippen molar-refractivity contribution in [3.63, 3.8) is 0 Å². The number of carbonyl (C=O) groups is 1. The number of allylic oxidation sites excluding steroid dienone is 1. The van der Waals surface area contributed by atoms with Crippen molar-refractivity contribution in [3.05, 3.63) is 66.4 Å². The summed E-state index contributed by atoms with van der Waals surface area (Å²) in [6, 6.07) is 8.18. The van der Waals surface area contributed by atoms with Crippen molar-refractivity contribution in [3.8, 4) is 0 Å². The maximum atomic E-state index is 12.7. The van der Waals surface area contributed by atoms with E-state index in [4.69, 9.17) is 14.2 Å². The third-order valence-corrected chi connectivity index (χ3v) is 5.64. The lowest BCUT2D eigenvalue weighted by atomic mass is 9.78. The van der Waals surface area contributed by atoms with Gasteiger partial charge in [-0.05, 0) is 32.4 Å². The number of benzene rings is 1. The number of rotatable bonds is 9. The van der Waals surface area contributed by atoms with Gasteiger partial charge in [0.25, 0.3) is 0 Å². The molecule has 0 N–H and O–H groups in total. The Kier molecular flexibility index (Phi) is 7.06. The molecule has 1 aromatic rings. The number of anilines is 1. The molecule has 2 heterocycles. The molecule has 0 spiro atoms. The van der Waals surface area contributed by atoms with E-state index < -0.39 is 0 Å². The van der Waals surface area contributed by atoms with Crippen molar-refractivity contribution >= 4 is 11.5 Å². The molecule has 1 saturated heterocycles. The van der Waals surface area contributed by atoms with Crippen LogP contribution < -0.4 is 4.90 Å². The molecule has 3 rings (SSSR count). The summed E-state index contributed by atoms with van der Waals surface area (Å²) in [5.74, 6) is 0.0354. The Morgan fingerprint density at radius 3 is 2.62 bits per heavy atom. The van der Waals surface area contributed by atoms with E-state index in [-0.39, 0.29) is 30.1 Å². The molecule has 2 bridgehead atoms. The quantitative estimate of drug-likeness (QED) is 0.462. The minimum Gasteiger partial charge on any atom is -0.375 e. The predicted octanol–water partition coefficient (Wildman–Crippen LogP) is 4.18. The molecular formula is C24H31NO4. The maximum absolute atomic E-state index is 12.7. The van der Waals surface area contributed by atoms with E-state index in [0.717, 1.165) is 22.5 Å². The first-order valence-corrected chi connectivity index (χ1v) is 10.1. The molecule has 1 aromatic carbocycles. The number of ketones is 1. The molecule has 2 aliphatic heterocycles. The molecular weight excluding hydrogens is 366 g/mol. The highest BCUT2D eigenvalue weighted by atomic mass is 16.6. The third-order valence-electron chi connectivity index (χ3n) is 5.64. The number of nitrogens with zero attached hydrogens (tertiary/aromatic N) is 1. The standard InChI is InChI=1S/C24H31NO4/c1-6-12-27-15-21-24(28-13-7-2)19-14-22(29-21)25(17(4)23(19)18(5)26)20-11-9-8-10-16(20)3/h6-11,19,21-22,24H,1-2,12-15H2,3-5H3/t19?,21-,22?,24+/m1/s1. The molecule has 0 saturated carbocycles. The Morgan fingerprint density at radius 2 is 1.97 bits per heavy atom. The second kappa shape index (κ2) is 9.53. The van der Waals surface area contributed by atoms with Crippen LogP contribution in [0.4, 0.5) is 5.69 Å². The first-order chi connectivity index (χ1) is 14.0. The largest absolute Gasteiger partial charge is 0.375 e. The summed E-state index contributed by atoms with van der Waals surface area (Å²) in [4.78, 5) is 14.9. The molecule has 5 heteroatoms. The van der Waals surface area contributed by atoms with E-state index in [9.17, 15) is 4.79 Å². The third kappa shape index (κ3) is 4.37. The molecule has 0 radical (unpaired) electrons. The van der Waals surface area contributed by atoms with Crippen LogP contribution >= 0.6 is 0 Å². The van der Waals surface area contributed by atoms with E-state index >= 15 is 0 Å². The fourth-order valence-corrected chi connectivity index (χ4v) is 4.50. The first kappa shape index (κ1) is 21.5. The van der Waals surface area contributed by atoms with Gasteiger partial charge in [-0.1, -0.05) is 30.4 Å². The highest BCUT2D eigenvalue weighted by Gasteiger charge is 2.48. The number of fused-ring (bicyclic) bond motifs is 2. The van der Waals surface area contributed by atoms with Gasteiger partial charge in [0, 0.05) is 29.3 Å². The predicted molar refractivity (Wildman–Crippen MR) is 115 cm³/mol. The van der Waals surface area contributed by atoms with Gasteiger partial charge in [0.15, 0.2) is 5.78 Å². The monoisotopic (exact) mass is 397 g/mol. The summed E-state index contributed by atoms with van der Waals surface area (Å²) < 4.78 is 18.3. The van der Waals surface area contributed by atoms with Gasteiger partial charge in [-0.25, -0.2) is 0 Å². The zero-order valence-electron chi connectivity index (χ0n) is 17.6. The van der Waals surface area contributed by atoms with Crippen molar-refractivity contribution in [2.24, 2.45) is 5.92 Å². The molecule has 156 valence electrons. The number of ether oxygens (including phenoxy) is 3. The number of carbonyl (C=O) groups excluding carboxylic acids is 1. The highest BCUT2D eigenvalue weighted by molar-refractivity contribution is 5.95. The lowest BCUT2D eigenvalue weighted by Crippen LogP contribution is -2.58. The molecule has 0 aliphatic carbocycles. The minimum atomic E-state index is -0.285. The van der Waals surface area contributed by atoms with Crippen LogP contribution in [0.25, 0.3) is 0 Å². The summed E-state index contributed by atoms with van der Waals surface area (Å²) in [5, 5.41) is 0. The van der Waals surface area contributed by atoms with Gasteiger partial charge in [0.1, 0.15) is 12.3 Å². The smallest absolute Gasteiger partial charge is 0.157 e. The van der Waals surface area contributed by atoms with E-state index in [0.29, 0.717) is 26.2 Å². The fourth-order valence-electron chi connectivity index (χ4n) is 4.50. The number of hydrogen-bond donors (Lipinski definition) is 0. The average Bonchev–Trinajstić information content (AvgIpc) is 2.68. The van der Waals surface area contributed by atoms with Crippen LogP contribution in [0.5, 0.6) is 0 Å². The molecule has 4 atom stereocenters. The van der Waals surface area contributed by atoms with Crippen LogP contribution in [0.2, 0.25) is 0 Å². The van der Waals surface area contributed by atoms with Gasteiger partial charge < -0.3 is 19.1 Å². The maximum Gasteiger partial charge on any atom is 0.157 e. The summed E-state index contributed by atoms with van der Waals surface area (Å²) in [7, 11) is 0. The van der Waals surface area contributed by atoms with E-state index in [1.54, 1.807) is 19.1 Å². The van der Waals surface area contributed by atoms with Gasteiger partial charge in [0.2, 0.25) is 0 Å². The number of hydrogen-bond acceptors (Lipinski definition) is 5. The van der Waals surface area contributed by atoms with Gasteiger partial charge in [0.05, 0.1) is 25.9 Å². The van der Waals surface area contributed by atoms with Crippen LogP contribution in [-0.2, 0) is 19.0 Å². The van der Waals surface area contributed by atoms with E-state index in [1.807, 2.05) is 19.1 Å². The zero-order valence-corrected chi connectivity index (χ0v) is 17.6. The van der Waals surface area contributed by atoms with Crippen LogP contribution in [0.1, 0.15) is 25.8 Å². The van der Waals surface area contributed by atoms with Crippen molar-refractivity contribution < 1.29 is 19.0 Å². The fraction of sp³-hybridized carbons (Fsp3) is 0.458. The summed E-state index contributed by atoms with van der Waals surface area (Å²) in [6.45, 7) is 14.4. The van der Waals surface area contributed by atoms with Crippen LogP contribution in [0, 0.1) is 12.8 Å².